The fourth-order valence-electron chi connectivity index (χ4n) is 7.21. The second-order valence-corrected chi connectivity index (χ2v) is 9.71. The summed E-state index contributed by atoms with van der Waals surface area (Å²) in [4.78, 5) is 0. The Kier molecular flexibility index (Phi) is 3.57. The zero-order valence-electron chi connectivity index (χ0n) is 14.3. The first-order chi connectivity index (χ1) is 10.5. The van der Waals surface area contributed by atoms with Crippen LogP contribution in [-0.2, 0) is 0 Å². The SMILES string of the molecule is C=CC1=CC[C@H]2[C@@H]3CCC4CCC(Cl)C[C@]4(C)[C@H]3CC[C@]12C. The zero-order chi connectivity index (χ0) is 15.5. The summed E-state index contributed by atoms with van der Waals surface area (Å²) in [7, 11) is 0. The quantitative estimate of drug-likeness (QED) is 0.493. The predicted octanol–water partition coefficient (Wildman–Crippen LogP) is 6.36. The van der Waals surface area contributed by atoms with Gasteiger partial charge in [0.15, 0.2) is 0 Å². The Morgan fingerprint density at radius 1 is 1.14 bits per heavy atom. The van der Waals surface area contributed by atoms with Gasteiger partial charge >= 0.3 is 0 Å². The molecule has 0 saturated heterocycles. The van der Waals surface area contributed by atoms with Crippen molar-refractivity contribution in [3.8, 4) is 0 Å². The molecule has 0 aromatic rings. The highest BCUT2D eigenvalue weighted by molar-refractivity contribution is 6.20. The van der Waals surface area contributed by atoms with Crippen molar-refractivity contribution in [1.29, 1.82) is 0 Å². The van der Waals surface area contributed by atoms with E-state index in [9.17, 15) is 0 Å². The van der Waals surface area contributed by atoms with Gasteiger partial charge in [0.1, 0.15) is 0 Å². The summed E-state index contributed by atoms with van der Waals surface area (Å²) in [5.41, 5.74) is 2.48. The van der Waals surface area contributed by atoms with Gasteiger partial charge in [-0.15, -0.1) is 11.6 Å². The maximum Gasteiger partial charge on any atom is 0.0341 e. The molecule has 0 heterocycles. The monoisotopic (exact) mass is 318 g/mol. The molecule has 0 aromatic heterocycles. The van der Waals surface area contributed by atoms with Gasteiger partial charge in [-0.25, -0.2) is 0 Å². The van der Waals surface area contributed by atoms with Crippen LogP contribution in [0.2, 0.25) is 0 Å². The van der Waals surface area contributed by atoms with E-state index >= 15 is 0 Å². The number of hydrogen-bond donors (Lipinski definition) is 0. The van der Waals surface area contributed by atoms with Gasteiger partial charge in [-0.05, 0) is 91.4 Å². The van der Waals surface area contributed by atoms with Crippen LogP contribution in [0.25, 0.3) is 0 Å². The summed E-state index contributed by atoms with van der Waals surface area (Å²) in [5, 5.41) is 0.429. The summed E-state index contributed by atoms with van der Waals surface area (Å²) in [5.74, 6) is 3.66. The van der Waals surface area contributed by atoms with E-state index in [1.807, 2.05) is 0 Å². The Morgan fingerprint density at radius 3 is 2.68 bits per heavy atom. The Morgan fingerprint density at radius 2 is 1.91 bits per heavy atom. The standard InChI is InChI=1S/C21H31Cl/c1-4-14-7-10-18-17-9-6-15-5-8-16(22)13-21(15,3)19(17)11-12-20(14,18)2/h4,7,15-19H,1,5-6,8-13H2,2-3H3/t15?,16?,17-,18-,19-,20+,21-/m0/s1. The van der Waals surface area contributed by atoms with Gasteiger partial charge in [0.2, 0.25) is 0 Å². The molecule has 3 saturated carbocycles. The Hall–Kier alpha value is -0.230. The molecular weight excluding hydrogens is 288 g/mol. The second kappa shape index (κ2) is 5.13. The minimum absolute atomic E-state index is 0.418. The van der Waals surface area contributed by atoms with E-state index in [0.717, 1.165) is 23.7 Å². The fraction of sp³-hybridized carbons (Fsp3) is 0.810. The minimum atomic E-state index is 0.418. The molecule has 0 aliphatic heterocycles. The maximum atomic E-state index is 6.62. The van der Waals surface area contributed by atoms with Crippen LogP contribution in [-0.4, -0.2) is 5.38 Å². The third kappa shape index (κ3) is 1.95. The lowest BCUT2D eigenvalue weighted by Gasteiger charge is -2.60. The maximum absolute atomic E-state index is 6.62. The summed E-state index contributed by atoms with van der Waals surface area (Å²) >= 11 is 6.62. The molecule has 0 aromatic carbocycles. The van der Waals surface area contributed by atoms with E-state index < -0.39 is 0 Å². The van der Waals surface area contributed by atoms with Crippen molar-refractivity contribution < 1.29 is 0 Å². The molecule has 3 fully saturated rings. The van der Waals surface area contributed by atoms with E-state index in [1.54, 1.807) is 5.57 Å². The van der Waals surface area contributed by atoms with E-state index in [4.69, 9.17) is 11.6 Å². The van der Waals surface area contributed by atoms with Crippen LogP contribution < -0.4 is 0 Å². The molecule has 4 rings (SSSR count). The minimum Gasteiger partial charge on any atom is -0.123 e. The lowest BCUT2D eigenvalue weighted by Crippen LogP contribution is -2.53. The van der Waals surface area contributed by atoms with Crippen LogP contribution >= 0.6 is 11.6 Å². The van der Waals surface area contributed by atoms with Gasteiger partial charge in [-0.3, -0.25) is 0 Å². The Labute approximate surface area is 141 Å². The molecule has 0 nitrogen and oxygen atoms in total. The molecule has 22 heavy (non-hydrogen) atoms. The fourth-order valence-corrected chi connectivity index (χ4v) is 7.66. The highest BCUT2D eigenvalue weighted by atomic mass is 35.5. The third-order valence-electron chi connectivity index (χ3n) is 8.42. The van der Waals surface area contributed by atoms with Gasteiger partial charge in [-0.2, -0.15) is 0 Å². The zero-order valence-corrected chi connectivity index (χ0v) is 15.0. The Balaban J connectivity index is 1.64. The van der Waals surface area contributed by atoms with Crippen LogP contribution in [0.3, 0.4) is 0 Å². The topological polar surface area (TPSA) is 0 Å². The van der Waals surface area contributed by atoms with Crippen LogP contribution in [0.5, 0.6) is 0 Å². The van der Waals surface area contributed by atoms with Crippen LogP contribution in [0, 0.1) is 34.5 Å². The molecular formula is C21H31Cl. The summed E-state index contributed by atoms with van der Waals surface area (Å²) in [6, 6.07) is 0. The van der Waals surface area contributed by atoms with Crippen molar-refractivity contribution in [2.45, 2.75) is 70.6 Å². The first-order valence-corrected chi connectivity index (χ1v) is 9.90. The molecule has 7 atom stereocenters. The number of halogens is 1. The van der Waals surface area contributed by atoms with Crippen LogP contribution in [0.15, 0.2) is 24.3 Å². The van der Waals surface area contributed by atoms with Crippen molar-refractivity contribution in [2.24, 2.45) is 34.5 Å². The summed E-state index contributed by atoms with van der Waals surface area (Å²) in [6.45, 7) is 9.21. The molecule has 0 radical (unpaired) electrons. The van der Waals surface area contributed by atoms with Crippen molar-refractivity contribution in [3.63, 3.8) is 0 Å². The highest BCUT2D eigenvalue weighted by Crippen LogP contribution is 2.66. The number of rotatable bonds is 1. The average molecular weight is 319 g/mol. The molecule has 2 unspecified atom stereocenters. The van der Waals surface area contributed by atoms with Gasteiger partial charge < -0.3 is 0 Å². The van der Waals surface area contributed by atoms with Crippen molar-refractivity contribution >= 4 is 11.6 Å². The van der Waals surface area contributed by atoms with E-state index in [2.05, 4.69) is 32.6 Å². The molecule has 4 aliphatic carbocycles. The van der Waals surface area contributed by atoms with Crippen molar-refractivity contribution in [1.82, 2.24) is 0 Å². The highest BCUT2D eigenvalue weighted by Gasteiger charge is 2.58. The average Bonchev–Trinajstić information content (AvgIpc) is 2.82. The summed E-state index contributed by atoms with van der Waals surface area (Å²) < 4.78 is 0. The largest absolute Gasteiger partial charge is 0.123 e. The molecule has 0 amide bonds. The van der Waals surface area contributed by atoms with E-state index in [-0.39, 0.29) is 0 Å². The Bertz CT molecular complexity index is 506. The molecule has 4 aliphatic rings. The first kappa shape index (κ1) is 15.3. The molecule has 1 heteroatoms. The van der Waals surface area contributed by atoms with Crippen molar-refractivity contribution in [2.75, 3.05) is 0 Å². The van der Waals surface area contributed by atoms with Crippen molar-refractivity contribution in [3.05, 3.63) is 24.3 Å². The second-order valence-electron chi connectivity index (χ2n) is 9.09. The van der Waals surface area contributed by atoms with Crippen LogP contribution in [0.4, 0.5) is 0 Å². The smallest absolute Gasteiger partial charge is 0.0341 e. The molecule has 0 bridgehead atoms. The van der Waals surface area contributed by atoms with Gasteiger partial charge in [-0.1, -0.05) is 32.6 Å². The third-order valence-corrected chi connectivity index (χ3v) is 8.79. The van der Waals surface area contributed by atoms with E-state index in [0.29, 0.717) is 16.2 Å². The number of allylic oxidation sites excluding steroid dienone is 3. The summed E-state index contributed by atoms with van der Waals surface area (Å²) in [6.07, 6.45) is 15.5. The molecule has 0 spiro atoms. The lowest BCUT2D eigenvalue weighted by atomic mass is 9.45. The first-order valence-electron chi connectivity index (χ1n) is 9.46. The molecule has 0 N–H and O–H groups in total. The number of alkyl halides is 1. The number of hydrogen-bond acceptors (Lipinski definition) is 0. The predicted molar refractivity (Wildman–Crippen MR) is 95.0 cm³/mol. The van der Waals surface area contributed by atoms with Gasteiger partial charge in [0.05, 0.1) is 0 Å². The lowest BCUT2D eigenvalue weighted by molar-refractivity contribution is -0.0973. The number of fused-ring (bicyclic) bond motifs is 5. The molecule has 122 valence electrons. The van der Waals surface area contributed by atoms with Gasteiger partial charge in [0.25, 0.3) is 0 Å². The van der Waals surface area contributed by atoms with E-state index in [1.165, 1.54) is 51.4 Å². The van der Waals surface area contributed by atoms with Crippen LogP contribution in [0.1, 0.15) is 65.2 Å². The van der Waals surface area contributed by atoms with Gasteiger partial charge in [0, 0.05) is 5.38 Å². The normalized spacial score (nSPS) is 54.0.